The maximum Gasteiger partial charge on any atom is 0.257 e. The van der Waals surface area contributed by atoms with E-state index in [4.69, 9.17) is 0 Å². The normalized spacial score (nSPS) is 27.0. The molecule has 1 saturated heterocycles. The third-order valence-corrected chi connectivity index (χ3v) is 17.5. The van der Waals surface area contributed by atoms with Gasteiger partial charge in [-0.1, -0.05) is 125 Å². The monoisotopic (exact) mass is 1320 g/mol. The molecule has 0 aromatic rings. The van der Waals surface area contributed by atoms with Crippen LogP contribution in [0.1, 0.15) is 156 Å². The lowest BCUT2D eigenvalue weighted by atomic mass is 9.78. The van der Waals surface area contributed by atoms with Crippen molar-refractivity contribution in [2.75, 3.05) is 61.2 Å². The first kappa shape index (κ1) is 81.0. The highest BCUT2D eigenvalue weighted by Gasteiger charge is 2.57. The Balaban J connectivity index is 4.52. The molecule has 1 fully saturated rings. The first-order valence-corrected chi connectivity index (χ1v) is 32.6. The summed E-state index contributed by atoms with van der Waals surface area (Å²) in [5.41, 5.74) is -2.42. The van der Waals surface area contributed by atoms with Gasteiger partial charge in [0.1, 0.15) is 54.4 Å². The van der Waals surface area contributed by atoms with Crippen molar-refractivity contribution in [1.29, 1.82) is 0 Å². The van der Waals surface area contributed by atoms with Gasteiger partial charge in [-0.05, 0) is 101 Å². The number of aliphatic hydroxyl groups excluding tert-OH is 1. The molecule has 0 spiro atoms. The molecule has 0 radical (unpaired) electrons. The Kier molecular flexibility index (Phi) is 32.9. The number of carbonyl (C=O) groups is 12. The summed E-state index contributed by atoms with van der Waals surface area (Å²) < 4.78 is 0. The lowest BCUT2D eigenvalue weighted by molar-refractivity contribution is -0.168. The van der Waals surface area contributed by atoms with E-state index >= 15 is 19.2 Å². The summed E-state index contributed by atoms with van der Waals surface area (Å²) in [6, 6.07) is -11.8. The summed E-state index contributed by atoms with van der Waals surface area (Å²) in [4.78, 5) is 185. The first-order valence-electron chi connectivity index (χ1n) is 31.5. The Morgan fingerprint density at radius 1 is 0.562 bits per heavy atom. The van der Waals surface area contributed by atoms with Gasteiger partial charge in [-0.15, -0.1) is 0 Å². The van der Waals surface area contributed by atoms with E-state index in [1.807, 2.05) is 55.4 Å². The SMILES string of the molecule is C/C=C/C[C@@H](C)[C@@H](O)[C@H]1C(=O)N[C@@H](CC)C(=O)N(C)CC(=O)N(C)[C@@H](CC(C)C)C(=O)N[C@@H](C(C)C)C(=O)N(C)[C@@H](CC(C)C)C(=O)N[C@@H](C)C(=O)N[C@H](C)C(=O)N(C)[C@@H](CC(C)C)C(=O)N(C)[C@@H](CC(C)C)C(=O)N(C)[C@](C(=O)CBr)(C(C)C)C(=O)N1C. The molecule has 1 rings (SSSR count). The van der Waals surface area contributed by atoms with Gasteiger partial charge < -0.3 is 60.7 Å². The molecule has 89 heavy (non-hydrogen) atoms. The zero-order chi connectivity index (χ0) is 69.2. The molecule has 0 aromatic heterocycles. The highest BCUT2D eigenvalue weighted by atomic mass is 79.9. The molecule has 25 heteroatoms. The Hall–Kier alpha value is -5.98. The third kappa shape index (κ3) is 21.0. The fraction of sp³-hybridized carbons (Fsp3) is 0.781. The van der Waals surface area contributed by atoms with E-state index in [1.165, 1.54) is 82.8 Å². The standard InChI is InChI=1S/C64H112BrN11O13/c1-25-27-28-41(15)53(79)52-57(83)68-44(26-2)59(85)70(18)34-50(78)71(19)45(29-35(3)4)56(82)69-51(39(11)12)62(88)72(20)46(30-36(5)6)55(81)66-42(16)54(80)67-43(17)58(84)73(21)47(31-37(7)8)60(86)74(22)48(32-38(9)10)61(87)76(24)64(40(13)14,49(77)33-65)63(89)75(52)23/h25,27,35-48,51-53,79H,26,28-34H2,1-24H3,(H,66,81)(H,67,80)(H,68,83)(H,69,82)/b27-25+/t41-,42+,43-,44+,45+,46+,47+,48+,51+,52+,53-,64+/m1/s1. The van der Waals surface area contributed by atoms with Gasteiger partial charge in [-0.25, -0.2) is 0 Å². The van der Waals surface area contributed by atoms with Crippen LogP contribution in [0.25, 0.3) is 0 Å². The van der Waals surface area contributed by atoms with Crippen LogP contribution in [0.4, 0.5) is 0 Å². The van der Waals surface area contributed by atoms with Gasteiger partial charge in [0.15, 0.2) is 11.3 Å². The van der Waals surface area contributed by atoms with Crippen LogP contribution in [0.3, 0.4) is 0 Å². The molecule has 12 atom stereocenters. The molecule has 0 unspecified atom stereocenters. The van der Waals surface area contributed by atoms with Gasteiger partial charge in [0, 0.05) is 49.3 Å². The van der Waals surface area contributed by atoms with Crippen molar-refractivity contribution in [3.8, 4) is 0 Å². The van der Waals surface area contributed by atoms with Crippen molar-refractivity contribution in [2.24, 2.45) is 41.4 Å². The van der Waals surface area contributed by atoms with E-state index in [-0.39, 0.29) is 62.2 Å². The van der Waals surface area contributed by atoms with E-state index < -0.39 is 166 Å². The van der Waals surface area contributed by atoms with Crippen LogP contribution in [0, 0.1) is 41.4 Å². The minimum Gasteiger partial charge on any atom is -0.390 e. The summed E-state index contributed by atoms with van der Waals surface area (Å²) in [5.74, 6) is -12.3. The molecular formula is C64H112BrN11O13. The molecular weight excluding hydrogens is 1210 g/mol. The van der Waals surface area contributed by atoms with Crippen molar-refractivity contribution in [2.45, 2.75) is 222 Å². The summed E-state index contributed by atoms with van der Waals surface area (Å²) in [5, 5.41) is 22.7. The average Bonchev–Trinajstić information content (AvgIpc) is 0.760. The molecule has 0 bridgehead atoms. The van der Waals surface area contributed by atoms with Gasteiger partial charge in [-0.3, -0.25) is 57.5 Å². The van der Waals surface area contributed by atoms with Crippen LogP contribution in [-0.2, 0) is 57.5 Å². The largest absolute Gasteiger partial charge is 0.390 e. The quantitative estimate of drug-likeness (QED) is 0.0792. The number of carbonyl (C=O) groups excluding carboxylic acids is 12. The second-order valence-electron chi connectivity index (χ2n) is 26.8. The molecule has 0 aliphatic carbocycles. The molecule has 508 valence electrons. The third-order valence-electron chi connectivity index (χ3n) is 17.0. The minimum absolute atomic E-state index is 0.0110. The average molecular weight is 1320 g/mol. The number of halogens is 1. The predicted octanol–water partition coefficient (Wildman–Crippen LogP) is 3.60. The van der Waals surface area contributed by atoms with E-state index in [0.29, 0.717) is 0 Å². The number of amides is 11. The zero-order valence-corrected chi connectivity index (χ0v) is 59.6. The molecule has 24 nitrogen and oxygen atoms in total. The predicted molar refractivity (Wildman–Crippen MR) is 346 cm³/mol. The highest BCUT2D eigenvalue weighted by Crippen LogP contribution is 2.33. The van der Waals surface area contributed by atoms with E-state index in [2.05, 4.69) is 37.2 Å². The first-order chi connectivity index (χ1) is 41.1. The zero-order valence-electron chi connectivity index (χ0n) is 58.0. The van der Waals surface area contributed by atoms with Crippen LogP contribution in [0.2, 0.25) is 0 Å². The topological polar surface area (TPSA) is 296 Å². The number of ketones is 1. The Morgan fingerprint density at radius 3 is 1.45 bits per heavy atom. The van der Waals surface area contributed by atoms with Crippen LogP contribution >= 0.6 is 15.9 Å². The smallest absolute Gasteiger partial charge is 0.257 e. The number of rotatable bonds is 17. The highest BCUT2D eigenvalue weighted by molar-refractivity contribution is 9.09. The van der Waals surface area contributed by atoms with E-state index in [9.17, 15) is 43.5 Å². The van der Waals surface area contributed by atoms with Crippen LogP contribution in [0.5, 0.6) is 0 Å². The second kappa shape index (κ2) is 36.2. The van der Waals surface area contributed by atoms with Gasteiger partial charge in [0.05, 0.1) is 18.0 Å². The van der Waals surface area contributed by atoms with Gasteiger partial charge in [-0.2, -0.15) is 0 Å². The van der Waals surface area contributed by atoms with Gasteiger partial charge in [0.2, 0.25) is 59.1 Å². The molecule has 5 N–H and O–H groups in total. The molecule has 1 aliphatic rings. The number of hydrogen-bond acceptors (Lipinski definition) is 13. The van der Waals surface area contributed by atoms with Crippen LogP contribution in [0.15, 0.2) is 12.2 Å². The molecule has 11 amide bonds. The second-order valence-corrected chi connectivity index (χ2v) is 27.4. The van der Waals surface area contributed by atoms with Gasteiger partial charge in [0.25, 0.3) is 5.91 Å². The Labute approximate surface area is 539 Å². The van der Waals surface area contributed by atoms with Crippen molar-refractivity contribution in [3.05, 3.63) is 12.2 Å². The van der Waals surface area contributed by atoms with E-state index in [0.717, 1.165) is 14.7 Å². The molecule has 0 saturated carbocycles. The Morgan fingerprint density at radius 2 is 1.00 bits per heavy atom. The fourth-order valence-electron chi connectivity index (χ4n) is 11.4. The van der Waals surface area contributed by atoms with Crippen molar-refractivity contribution >= 4 is 86.7 Å². The lowest BCUT2D eigenvalue weighted by Crippen LogP contribution is -2.72. The molecule has 0 aromatic carbocycles. The Bertz CT molecular complexity index is 2510. The maximum atomic E-state index is 15.8. The van der Waals surface area contributed by atoms with E-state index in [1.54, 1.807) is 60.6 Å². The van der Waals surface area contributed by atoms with Crippen molar-refractivity contribution in [3.63, 3.8) is 0 Å². The van der Waals surface area contributed by atoms with Crippen LogP contribution in [-0.4, -0.2) is 237 Å². The number of Topliss-reactive ketones (excluding diaryl/α,β-unsaturated/α-hetero) is 1. The maximum absolute atomic E-state index is 15.8. The number of hydrogen-bond donors (Lipinski definition) is 5. The number of nitrogens with one attached hydrogen (secondary N) is 4. The number of allylic oxidation sites excluding steroid dienone is 2. The summed E-state index contributed by atoms with van der Waals surface area (Å²) in [6.07, 6.45) is 2.42. The summed E-state index contributed by atoms with van der Waals surface area (Å²) in [6.45, 7) is 28.5. The summed E-state index contributed by atoms with van der Waals surface area (Å²) >= 11 is 3.26. The van der Waals surface area contributed by atoms with Crippen molar-refractivity contribution in [1.82, 2.24) is 55.6 Å². The van der Waals surface area contributed by atoms with Crippen LogP contribution < -0.4 is 21.3 Å². The number of nitrogens with zero attached hydrogens (tertiary/aromatic N) is 7. The fourth-order valence-corrected chi connectivity index (χ4v) is 11.8. The molecule has 1 aliphatic heterocycles. The lowest BCUT2D eigenvalue weighted by Gasteiger charge is -2.47. The number of aliphatic hydroxyl groups is 1. The minimum atomic E-state index is -2.42. The summed E-state index contributed by atoms with van der Waals surface area (Å²) in [7, 11) is 9.45. The van der Waals surface area contributed by atoms with Gasteiger partial charge >= 0.3 is 0 Å². The number of alkyl halides is 1. The number of likely N-dealkylation sites (N-methyl/N-ethyl adjacent to an activating group) is 7. The van der Waals surface area contributed by atoms with Crippen molar-refractivity contribution < 1.29 is 62.6 Å². The molecule has 1 heterocycles.